The van der Waals surface area contributed by atoms with Crippen molar-refractivity contribution in [3.63, 3.8) is 0 Å². The molecule has 0 bridgehead atoms. The Bertz CT molecular complexity index is 468. The van der Waals surface area contributed by atoms with E-state index in [1.165, 1.54) is 12.3 Å². The van der Waals surface area contributed by atoms with Crippen molar-refractivity contribution in [2.45, 2.75) is 51.2 Å². The predicted molar refractivity (Wildman–Crippen MR) is 82.3 cm³/mol. The lowest BCUT2D eigenvalue weighted by Gasteiger charge is -2.36. The van der Waals surface area contributed by atoms with E-state index in [2.05, 4.69) is 6.58 Å². The van der Waals surface area contributed by atoms with Crippen molar-refractivity contribution in [3.05, 3.63) is 12.7 Å². The second-order valence-corrected chi connectivity index (χ2v) is 9.53. The largest absolute Gasteiger partial charge is 0.337 e. The van der Waals surface area contributed by atoms with E-state index in [4.69, 9.17) is 0 Å². The highest BCUT2D eigenvalue weighted by atomic mass is 32.2. The molecule has 4 nitrogen and oxygen atoms in total. The van der Waals surface area contributed by atoms with Crippen LogP contribution in [0.25, 0.3) is 0 Å². The van der Waals surface area contributed by atoms with Crippen molar-refractivity contribution >= 4 is 15.7 Å². The van der Waals surface area contributed by atoms with Gasteiger partial charge in [0.05, 0.1) is 4.75 Å². The Balaban J connectivity index is 3.03. The summed E-state index contributed by atoms with van der Waals surface area (Å²) in [6.45, 7) is 10.5. The van der Waals surface area contributed by atoms with Crippen molar-refractivity contribution in [1.82, 2.24) is 4.90 Å². The van der Waals surface area contributed by atoms with Crippen molar-refractivity contribution in [2.75, 3.05) is 19.3 Å². The Morgan fingerprint density at radius 1 is 1.30 bits per heavy atom. The molecule has 0 aromatic rings. The minimum absolute atomic E-state index is 0.0734. The Hall–Kier alpha value is -0.840. The molecule has 0 radical (unpaired) electrons. The number of carbonyl (C=O) groups excluding carboxylic acids is 1. The third-order valence-electron chi connectivity index (χ3n) is 3.93. The molecule has 1 aliphatic carbocycles. The van der Waals surface area contributed by atoms with Gasteiger partial charge in [0.1, 0.15) is 0 Å². The molecule has 1 rings (SSSR count). The Morgan fingerprint density at radius 3 is 2.15 bits per heavy atom. The van der Waals surface area contributed by atoms with Gasteiger partial charge in [-0.2, -0.15) is 0 Å². The van der Waals surface area contributed by atoms with Gasteiger partial charge in [-0.15, -0.1) is 0 Å². The molecule has 0 saturated heterocycles. The highest BCUT2D eigenvalue weighted by molar-refractivity contribution is 7.92. The van der Waals surface area contributed by atoms with Gasteiger partial charge in [-0.1, -0.05) is 40.2 Å². The van der Waals surface area contributed by atoms with Crippen LogP contribution in [0.4, 0.5) is 0 Å². The van der Waals surface area contributed by atoms with Crippen LogP contribution in [0, 0.1) is 5.41 Å². The number of rotatable bonds is 5. The summed E-state index contributed by atoms with van der Waals surface area (Å²) in [5.74, 6) is -0.185. The first-order chi connectivity index (χ1) is 9.01. The normalized spacial score (nSPS) is 18.8. The second-order valence-electron chi connectivity index (χ2n) is 7.12. The van der Waals surface area contributed by atoms with E-state index in [-0.39, 0.29) is 17.9 Å². The standard InChI is InChI=1S/C15H27NO3S/c1-6-13(17)16(11-14(2,3)4)12-15(20(5,18)19)9-7-8-10-15/h6H,1,7-12H2,2-5H3. The molecular formula is C15H27NO3S. The van der Waals surface area contributed by atoms with Crippen LogP contribution in [0.1, 0.15) is 46.5 Å². The van der Waals surface area contributed by atoms with Crippen LogP contribution in [0.5, 0.6) is 0 Å². The topological polar surface area (TPSA) is 54.5 Å². The first-order valence-corrected chi connectivity index (χ1v) is 9.01. The maximum Gasteiger partial charge on any atom is 0.246 e. The van der Waals surface area contributed by atoms with Crippen LogP contribution in [0.15, 0.2) is 12.7 Å². The number of sulfone groups is 1. The molecule has 116 valence electrons. The summed E-state index contributed by atoms with van der Waals surface area (Å²) in [7, 11) is -3.18. The zero-order valence-corrected chi connectivity index (χ0v) is 13.9. The Labute approximate surface area is 123 Å². The fourth-order valence-electron chi connectivity index (χ4n) is 2.93. The molecule has 5 heteroatoms. The van der Waals surface area contributed by atoms with Crippen molar-refractivity contribution < 1.29 is 13.2 Å². The third kappa shape index (κ3) is 4.08. The molecule has 0 aromatic carbocycles. The van der Waals surface area contributed by atoms with Crippen molar-refractivity contribution in [1.29, 1.82) is 0 Å². The van der Waals surface area contributed by atoms with E-state index in [0.29, 0.717) is 19.4 Å². The molecule has 1 aliphatic rings. The molecule has 0 heterocycles. The summed E-state index contributed by atoms with van der Waals surface area (Å²) in [5.41, 5.74) is -0.0734. The third-order valence-corrected chi connectivity index (χ3v) is 6.04. The van der Waals surface area contributed by atoms with E-state index >= 15 is 0 Å². The maximum absolute atomic E-state index is 12.2. The van der Waals surface area contributed by atoms with Gasteiger partial charge in [-0.25, -0.2) is 8.42 Å². The van der Waals surface area contributed by atoms with Crippen LogP contribution in [0.2, 0.25) is 0 Å². The maximum atomic E-state index is 12.2. The molecular weight excluding hydrogens is 274 g/mol. The van der Waals surface area contributed by atoms with Crippen LogP contribution < -0.4 is 0 Å². The van der Waals surface area contributed by atoms with Crippen molar-refractivity contribution in [3.8, 4) is 0 Å². The van der Waals surface area contributed by atoms with E-state index in [1.807, 2.05) is 20.8 Å². The molecule has 0 aliphatic heterocycles. The molecule has 0 atom stereocenters. The lowest BCUT2D eigenvalue weighted by atomic mass is 9.95. The lowest BCUT2D eigenvalue weighted by molar-refractivity contribution is -0.127. The second kappa shape index (κ2) is 5.88. The summed E-state index contributed by atoms with van der Waals surface area (Å²) in [6, 6.07) is 0. The first-order valence-electron chi connectivity index (χ1n) is 7.12. The zero-order chi connectivity index (χ0) is 15.6. The number of hydrogen-bond acceptors (Lipinski definition) is 3. The number of carbonyl (C=O) groups is 1. The van der Waals surface area contributed by atoms with E-state index in [1.54, 1.807) is 4.90 Å². The fraction of sp³-hybridized carbons (Fsp3) is 0.800. The highest BCUT2D eigenvalue weighted by Gasteiger charge is 2.45. The molecule has 1 saturated carbocycles. The smallest absolute Gasteiger partial charge is 0.246 e. The predicted octanol–water partition coefficient (Wildman–Crippen LogP) is 2.40. The fourth-order valence-corrected chi connectivity index (χ4v) is 4.35. The number of amides is 1. The first kappa shape index (κ1) is 17.2. The molecule has 20 heavy (non-hydrogen) atoms. The van der Waals surface area contributed by atoms with Gasteiger partial charge in [-0.3, -0.25) is 4.79 Å². The van der Waals surface area contributed by atoms with Gasteiger partial charge in [0, 0.05) is 19.3 Å². The summed E-state index contributed by atoms with van der Waals surface area (Å²) >= 11 is 0. The average Bonchev–Trinajstić information content (AvgIpc) is 2.74. The van der Waals surface area contributed by atoms with Gasteiger partial charge in [0.25, 0.3) is 0 Å². The number of hydrogen-bond donors (Lipinski definition) is 0. The Kier molecular flexibility index (Phi) is 5.06. The minimum Gasteiger partial charge on any atom is -0.337 e. The van der Waals surface area contributed by atoms with Crippen LogP contribution in [-0.2, 0) is 14.6 Å². The molecule has 0 unspecified atom stereocenters. The molecule has 0 aromatic heterocycles. The highest BCUT2D eigenvalue weighted by Crippen LogP contribution is 2.37. The van der Waals surface area contributed by atoms with Gasteiger partial charge >= 0.3 is 0 Å². The summed E-state index contributed by atoms with van der Waals surface area (Å²) < 4.78 is 23.6. The molecule has 1 amide bonds. The van der Waals surface area contributed by atoms with Crippen molar-refractivity contribution in [2.24, 2.45) is 5.41 Å². The SMILES string of the molecule is C=CC(=O)N(CC(C)(C)C)CC1(S(C)(=O)=O)CCCC1. The van der Waals surface area contributed by atoms with Gasteiger partial charge in [0.2, 0.25) is 5.91 Å². The van der Waals surface area contributed by atoms with Crippen LogP contribution in [-0.4, -0.2) is 43.3 Å². The molecule has 0 N–H and O–H groups in total. The zero-order valence-electron chi connectivity index (χ0n) is 13.1. The summed E-state index contributed by atoms with van der Waals surface area (Å²) in [4.78, 5) is 13.7. The van der Waals surface area contributed by atoms with E-state index in [9.17, 15) is 13.2 Å². The monoisotopic (exact) mass is 301 g/mol. The average molecular weight is 301 g/mol. The van der Waals surface area contributed by atoms with Gasteiger partial charge < -0.3 is 4.90 Å². The lowest BCUT2D eigenvalue weighted by Crippen LogP contribution is -2.50. The van der Waals surface area contributed by atoms with E-state index in [0.717, 1.165) is 12.8 Å². The van der Waals surface area contributed by atoms with Crippen LogP contribution >= 0.6 is 0 Å². The Morgan fingerprint density at radius 2 is 1.80 bits per heavy atom. The van der Waals surface area contributed by atoms with Gasteiger partial charge in [0.15, 0.2) is 9.84 Å². The van der Waals surface area contributed by atoms with E-state index < -0.39 is 14.6 Å². The summed E-state index contributed by atoms with van der Waals surface area (Å²) in [6.07, 6.45) is 5.70. The van der Waals surface area contributed by atoms with Crippen LogP contribution in [0.3, 0.4) is 0 Å². The quantitative estimate of drug-likeness (QED) is 0.733. The van der Waals surface area contributed by atoms with Gasteiger partial charge in [-0.05, 0) is 24.3 Å². The minimum atomic E-state index is -3.18. The molecule has 1 fully saturated rings. The summed E-state index contributed by atoms with van der Waals surface area (Å²) in [5, 5.41) is 0. The molecule has 0 spiro atoms. The number of nitrogens with zero attached hydrogens (tertiary/aromatic N) is 1.